The topological polar surface area (TPSA) is 71.3 Å². The lowest BCUT2D eigenvalue weighted by Gasteiger charge is -2.33. The largest absolute Gasteiger partial charge is 0.352 e. The van der Waals surface area contributed by atoms with E-state index in [1.54, 1.807) is 12.1 Å². The van der Waals surface area contributed by atoms with Crippen LogP contribution in [0.25, 0.3) is 11.4 Å². The molecule has 1 aliphatic heterocycles. The normalized spacial score (nSPS) is 16.6. The number of nitrogens with one attached hydrogen (secondary N) is 1. The summed E-state index contributed by atoms with van der Waals surface area (Å²) < 4.78 is 5.33. The Morgan fingerprint density at radius 2 is 1.94 bits per heavy atom. The number of benzene rings is 2. The first kappa shape index (κ1) is 23.5. The molecule has 4 rings (SSSR count). The summed E-state index contributed by atoms with van der Waals surface area (Å²) in [5, 5.41) is 7.76. The highest BCUT2D eigenvalue weighted by Crippen LogP contribution is 2.21. The van der Waals surface area contributed by atoms with Gasteiger partial charge in [-0.3, -0.25) is 9.69 Å². The van der Waals surface area contributed by atoms with Gasteiger partial charge in [-0.1, -0.05) is 47.4 Å². The van der Waals surface area contributed by atoms with Gasteiger partial charge in [-0.2, -0.15) is 4.98 Å². The van der Waals surface area contributed by atoms with E-state index in [9.17, 15) is 4.79 Å². The zero-order valence-corrected chi connectivity index (χ0v) is 19.9. The number of nitrogens with zero attached hydrogens (tertiary/aromatic N) is 3. The van der Waals surface area contributed by atoms with Crippen molar-refractivity contribution in [1.29, 1.82) is 0 Å². The third-order valence-electron chi connectivity index (χ3n) is 6.27. The van der Waals surface area contributed by atoms with Crippen molar-refractivity contribution in [3.05, 3.63) is 70.6 Å². The lowest BCUT2D eigenvalue weighted by atomic mass is 10.0. The Morgan fingerprint density at radius 1 is 1.15 bits per heavy atom. The predicted molar refractivity (Wildman–Crippen MR) is 130 cm³/mol. The zero-order valence-electron chi connectivity index (χ0n) is 19.1. The van der Waals surface area contributed by atoms with Gasteiger partial charge >= 0.3 is 0 Å². The van der Waals surface area contributed by atoms with E-state index in [-0.39, 0.29) is 5.91 Å². The summed E-state index contributed by atoms with van der Waals surface area (Å²) in [6.45, 7) is 4.96. The highest BCUT2D eigenvalue weighted by molar-refractivity contribution is 6.30. The summed E-state index contributed by atoms with van der Waals surface area (Å²) in [6, 6.07) is 16.3. The number of aryl methyl sites for hydroxylation is 1. The lowest BCUT2D eigenvalue weighted by molar-refractivity contribution is -0.121. The number of piperidine rings is 1. The second-order valence-electron chi connectivity index (χ2n) is 8.73. The number of carbonyl (C=O) groups is 1. The van der Waals surface area contributed by atoms with Crippen LogP contribution in [0.5, 0.6) is 0 Å². The molecule has 1 N–H and O–H groups in total. The molecule has 0 saturated carbocycles. The summed E-state index contributed by atoms with van der Waals surface area (Å²) in [4.78, 5) is 19.4. The van der Waals surface area contributed by atoms with E-state index in [2.05, 4.69) is 45.5 Å². The third-order valence-corrected chi connectivity index (χ3v) is 6.53. The molecule has 1 aromatic heterocycles. The second kappa shape index (κ2) is 11.4. The Kier molecular flexibility index (Phi) is 8.13. The first-order chi connectivity index (χ1) is 16.1. The van der Waals surface area contributed by atoms with Crippen LogP contribution in [0.3, 0.4) is 0 Å². The number of amides is 1. The Labute approximate surface area is 200 Å². The Morgan fingerprint density at radius 3 is 2.73 bits per heavy atom. The molecular weight excluding hydrogens is 436 g/mol. The van der Waals surface area contributed by atoms with Crippen LogP contribution in [0.2, 0.25) is 5.02 Å². The molecule has 1 fully saturated rings. The van der Waals surface area contributed by atoms with Crippen molar-refractivity contribution in [2.75, 3.05) is 6.54 Å². The van der Waals surface area contributed by atoms with E-state index < -0.39 is 0 Å². The zero-order chi connectivity index (χ0) is 23.0. The Hall–Kier alpha value is -2.70. The molecule has 3 aromatic rings. The van der Waals surface area contributed by atoms with Gasteiger partial charge < -0.3 is 9.84 Å². The molecule has 7 heteroatoms. The van der Waals surface area contributed by atoms with Gasteiger partial charge in [-0.15, -0.1) is 0 Å². The average molecular weight is 467 g/mol. The fraction of sp³-hybridized carbons (Fsp3) is 0.423. The first-order valence-corrected chi connectivity index (χ1v) is 12.1. The first-order valence-electron chi connectivity index (χ1n) is 11.7. The van der Waals surface area contributed by atoms with E-state index >= 15 is 0 Å². The van der Waals surface area contributed by atoms with Crippen LogP contribution in [0.15, 0.2) is 53.1 Å². The van der Waals surface area contributed by atoms with Gasteiger partial charge in [0.25, 0.3) is 0 Å². The van der Waals surface area contributed by atoms with Crippen LogP contribution >= 0.6 is 11.6 Å². The maximum Gasteiger partial charge on any atom is 0.226 e. The summed E-state index contributed by atoms with van der Waals surface area (Å²) >= 11 is 5.92. The van der Waals surface area contributed by atoms with Crippen molar-refractivity contribution < 1.29 is 9.32 Å². The molecule has 1 saturated heterocycles. The fourth-order valence-corrected chi connectivity index (χ4v) is 4.38. The molecule has 0 aliphatic carbocycles. The number of hydrogen-bond acceptors (Lipinski definition) is 5. The Bertz CT molecular complexity index is 1050. The molecule has 1 amide bonds. The summed E-state index contributed by atoms with van der Waals surface area (Å²) in [6.07, 6.45) is 5.49. The van der Waals surface area contributed by atoms with Crippen molar-refractivity contribution in [3.8, 4) is 11.4 Å². The van der Waals surface area contributed by atoms with Crippen LogP contribution in [-0.4, -0.2) is 33.5 Å². The number of rotatable bonds is 9. The lowest BCUT2D eigenvalue weighted by Crippen LogP contribution is -2.37. The molecule has 1 unspecified atom stereocenters. The minimum atomic E-state index is 0.0357. The molecule has 33 heavy (non-hydrogen) atoms. The molecule has 1 aliphatic rings. The molecule has 174 valence electrons. The predicted octanol–water partition coefficient (Wildman–Crippen LogP) is 5.40. The summed E-state index contributed by atoms with van der Waals surface area (Å²) in [5.74, 6) is 1.10. The number of carbonyl (C=O) groups excluding carboxylic acids is 1. The second-order valence-corrected chi connectivity index (χ2v) is 9.17. The van der Waals surface area contributed by atoms with Crippen molar-refractivity contribution in [3.63, 3.8) is 0 Å². The average Bonchev–Trinajstić information content (AvgIpc) is 3.29. The number of halogens is 1. The number of likely N-dealkylation sites (tertiary alicyclic amines) is 1. The van der Waals surface area contributed by atoms with Gasteiger partial charge in [0.2, 0.25) is 17.6 Å². The smallest absolute Gasteiger partial charge is 0.226 e. The van der Waals surface area contributed by atoms with Gasteiger partial charge in [-0.05, 0) is 68.1 Å². The SMILES string of the molecule is CC1CCCCN1Cc1ccccc1CNC(=O)CCCc1nc(-c2ccc(Cl)cc2)no1. The van der Waals surface area contributed by atoms with Crippen molar-refractivity contribution in [2.45, 2.75) is 64.6 Å². The van der Waals surface area contributed by atoms with Gasteiger partial charge in [0.15, 0.2) is 0 Å². The van der Waals surface area contributed by atoms with Crippen molar-refractivity contribution in [2.24, 2.45) is 0 Å². The van der Waals surface area contributed by atoms with E-state index in [0.29, 0.717) is 48.6 Å². The van der Waals surface area contributed by atoms with Gasteiger partial charge in [-0.25, -0.2) is 0 Å². The van der Waals surface area contributed by atoms with Crippen molar-refractivity contribution in [1.82, 2.24) is 20.4 Å². The molecule has 2 aromatic carbocycles. The molecule has 0 radical (unpaired) electrons. The maximum atomic E-state index is 12.4. The highest BCUT2D eigenvalue weighted by Gasteiger charge is 2.19. The van der Waals surface area contributed by atoms with Crippen LogP contribution in [0.1, 0.15) is 56.0 Å². The fourth-order valence-electron chi connectivity index (χ4n) is 4.25. The molecule has 1 atom stereocenters. The van der Waals surface area contributed by atoms with Crippen molar-refractivity contribution >= 4 is 17.5 Å². The molecular formula is C26H31ClN4O2. The summed E-state index contributed by atoms with van der Waals surface area (Å²) in [5.41, 5.74) is 3.34. The van der Waals surface area contributed by atoms with Crippen LogP contribution in [0, 0.1) is 0 Å². The quantitative estimate of drug-likeness (QED) is 0.457. The number of hydrogen-bond donors (Lipinski definition) is 1. The monoisotopic (exact) mass is 466 g/mol. The van der Waals surface area contributed by atoms with Gasteiger partial charge in [0.1, 0.15) is 0 Å². The van der Waals surface area contributed by atoms with Crippen LogP contribution < -0.4 is 5.32 Å². The Balaban J connectivity index is 1.23. The van der Waals surface area contributed by atoms with E-state index in [4.69, 9.17) is 16.1 Å². The van der Waals surface area contributed by atoms with Gasteiger partial charge in [0, 0.05) is 42.6 Å². The highest BCUT2D eigenvalue weighted by atomic mass is 35.5. The molecule has 0 spiro atoms. The molecule has 0 bridgehead atoms. The van der Waals surface area contributed by atoms with E-state index in [1.165, 1.54) is 30.4 Å². The van der Waals surface area contributed by atoms with Crippen LogP contribution in [-0.2, 0) is 24.3 Å². The molecule has 6 nitrogen and oxygen atoms in total. The maximum absolute atomic E-state index is 12.4. The summed E-state index contributed by atoms with van der Waals surface area (Å²) in [7, 11) is 0. The van der Waals surface area contributed by atoms with Gasteiger partial charge in [0.05, 0.1) is 0 Å². The molecule has 2 heterocycles. The van der Waals surface area contributed by atoms with E-state index in [1.807, 2.05) is 18.2 Å². The van der Waals surface area contributed by atoms with E-state index in [0.717, 1.165) is 18.7 Å². The number of aromatic nitrogens is 2. The third kappa shape index (κ3) is 6.65. The van der Waals surface area contributed by atoms with Crippen LogP contribution in [0.4, 0.5) is 0 Å². The standard InChI is InChI=1S/C26H31ClN4O2/c1-19-7-4-5-16-31(19)18-22-9-3-2-8-21(22)17-28-24(32)10-6-11-25-29-26(30-33-25)20-12-14-23(27)15-13-20/h2-3,8-9,12-15,19H,4-7,10-11,16-18H2,1H3,(H,28,32). The minimum Gasteiger partial charge on any atom is -0.352 e. The minimum absolute atomic E-state index is 0.0357.